The number of carbonyl (C=O) groups is 1. The van der Waals surface area contributed by atoms with E-state index in [1.807, 2.05) is 48.5 Å². The summed E-state index contributed by atoms with van der Waals surface area (Å²) in [5.41, 5.74) is 2.70. The summed E-state index contributed by atoms with van der Waals surface area (Å²) in [6.45, 7) is 2.62. The van der Waals surface area contributed by atoms with Gasteiger partial charge in [0, 0.05) is 18.7 Å². The molecule has 0 radical (unpaired) electrons. The maximum atomic E-state index is 12.3. The maximum absolute atomic E-state index is 12.3. The molecular weight excluding hydrogens is 324 g/mol. The van der Waals surface area contributed by atoms with E-state index in [0.717, 1.165) is 12.0 Å². The van der Waals surface area contributed by atoms with Gasteiger partial charge in [0.05, 0.1) is 0 Å². The van der Waals surface area contributed by atoms with Gasteiger partial charge in [-0.3, -0.25) is 4.79 Å². The molecule has 5 nitrogen and oxygen atoms in total. The molecule has 5 heteroatoms. The van der Waals surface area contributed by atoms with Gasteiger partial charge in [-0.1, -0.05) is 60.7 Å². The number of nitrogens with one attached hydrogen (secondary N) is 2. The van der Waals surface area contributed by atoms with Gasteiger partial charge in [-0.25, -0.2) is 9.97 Å². The predicted molar refractivity (Wildman–Crippen MR) is 103 cm³/mol. The van der Waals surface area contributed by atoms with Gasteiger partial charge in [0.1, 0.15) is 17.8 Å². The first-order chi connectivity index (χ1) is 12.7. The molecule has 26 heavy (non-hydrogen) atoms. The van der Waals surface area contributed by atoms with Crippen LogP contribution in [0.5, 0.6) is 0 Å². The van der Waals surface area contributed by atoms with E-state index in [4.69, 9.17) is 0 Å². The average molecular weight is 346 g/mol. The molecule has 0 aliphatic rings. The van der Waals surface area contributed by atoms with Crippen molar-refractivity contribution in [1.82, 2.24) is 15.3 Å². The maximum Gasteiger partial charge on any atom is 0.270 e. The van der Waals surface area contributed by atoms with Crippen LogP contribution in [0.25, 0.3) is 0 Å². The highest BCUT2D eigenvalue weighted by Crippen LogP contribution is 2.17. The Morgan fingerprint density at radius 2 is 1.69 bits per heavy atom. The minimum Gasteiger partial charge on any atom is -0.363 e. The van der Waals surface area contributed by atoms with Gasteiger partial charge in [0.2, 0.25) is 0 Å². The quantitative estimate of drug-likeness (QED) is 0.686. The average Bonchev–Trinajstić information content (AvgIpc) is 2.69. The van der Waals surface area contributed by atoms with Crippen molar-refractivity contribution in [3.63, 3.8) is 0 Å². The zero-order valence-corrected chi connectivity index (χ0v) is 14.7. The van der Waals surface area contributed by atoms with Crippen LogP contribution in [0.4, 0.5) is 5.82 Å². The number of hydrogen-bond acceptors (Lipinski definition) is 4. The van der Waals surface area contributed by atoms with Crippen molar-refractivity contribution in [2.45, 2.75) is 19.4 Å². The van der Waals surface area contributed by atoms with E-state index >= 15 is 0 Å². The van der Waals surface area contributed by atoms with E-state index in [1.165, 1.54) is 11.9 Å². The van der Waals surface area contributed by atoms with Gasteiger partial charge in [-0.2, -0.15) is 0 Å². The van der Waals surface area contributed by atoms with Crippen molar-refractivity contribution in [3.05, 3.63) is 89.9 Å². The Bertz CT molecular complexity index is 837. The Labute approximate surface area is 153 Å². The minimum absolute atomic E-state index is 0.0834. The molecule has 1 amide bonds. The summed E-state index contributed by atoms with van der Waals surface area (Å²) in [6.07, 6.45) is 2.19. The summed E-state index contributed by atoms with van der Waals surface area (Å²) in [6, 6.07) is 21.9. The third-order valence-corrected chi connectivity index (χ3v) is 4.11. The Kier molecular flexibility index (Phi) is 5.93. The van der Waals surface area contributed by atoms with E-state index in [-0.39, 0.29) is 11.9 Å². The molecular formula is C21H22N4O. The molecule has 2 aromatic carbocycles. The highest BCUT2D eigenvalue weighted by Gasteiger charge is 2.10. The highest BCUT2D eigenvalue weighted by atomic mass is 16.1. The molecule has 0 bridgehead atoms. The van der Waals surface area contributed by atoms with Crippen molar-refractivity contribution in [2.24, 2.45) is 0 Å². The third kappa shape index (κ3) is 4.89. The predicted octanol–water partition coefficient (Wildman–Crippen LogP) is 3.62. The van der Waals surface area contributed by atoms with Crippen LogP contribution in [0.1, 0.15) is 34.6 Å². The molecule has 1 heterocycles. The summed E-state index contributed by atoms with van der Waals surface area (Å²) in [4.78, 5) is 20.6. The van der Waals surface area contributed by atoms with E-state index in [1.54, 1.807) is 6.07 Å². The van der Waals surface area contributed by atoms with Gasteiger partial charge in [-0.15, -0.1) is 0 Å². The first kappa shape index (κ1) is 17.6. The summed E-state index contributed by atoms with van der Waals surface area (Å²) in [7, 11) is 0. The molecule has 2 N–H and O–H groups in total. The van der Waals surface area contributed by atoms with Crippen LogP contribution in [-0.2, 0) is 6.42 Å². The molecule has 0 saturated carbocycles. The second-order valence-electron chi connectivity index (χ2n) is 6.06. The van der Waals surface area contributed by atoms with E-state index in [2.05, 4.69) is 39.7 Å². The van der Waals surface area contributed by atoms with Gasteiger partial charge >= 0.3 is 0 Å². The number of nitrogens with zero attached hydrogens (tertiary/aromatic N) is 2. The van der Waals surface area contributed by atoms with Gasteiger partial charge in [0.25, 0.3) is 5.91 Å². The van der Waals surface area contributed by atoms with E-state index in [9.17, 15) is 4.79 Å². The van der Waals surface area contributed by atoms with Gasteiger partial charge < -0.3 is 10.6 Å². The fourth-order valence-corrected chi connectivity index (χ4v) is 2.66. The van der Waals surface area contributed by atoms with Crippen LogP contribution in [0.15, 0.2) is 73.1 Å². The SMILES string of the molecule is CC(Nc1cc(C(=O)NCCc2ccccc2)ncn1)c1ccccc1. The number of benzene rings is 2. The van der Waals surface area contributed by atoms with Crippen LogP contribution < -0.4 is 10.6 Å². The van der Waals surface area contributed by atoms with Crippen molar-refractivity contribution in [1.29, 1.82) is 0 Å². The fraction of sp³-hybridized carbons (Fsp3) is 0.190. The van der Waals surface area contributed by atoms with Crippen LogP contribution >= 0.6 is 0 Å². The lowest BCUT2D eigenvalue weighted by atomic mass is 10.1. The van der Waals surface area contributed by atoms with Crippen molar-refractivity contribution in [2.75, 3.05) is 11.9 Å². The molecule has 0 aliphatic carbocycles. The zero-order chi connectivity index (χ0) is 18.2. The molecule has 1 unspecified atom stereocenters. The first-order valence-electron chi connectivity index (χ1n) is 8.68. The van der Waals surface area contributed by atoms with Crippen LogP contribution in [0.2, 0.25) is 0 Å². The van der Waals surface area contributed by atoms with Crippen LogP contribution in [-0.4, -0.2) is 22.4 Å². The van der Waals surface area contributed by atoms with Crippen molar-refractivity contribution in [3.8, 4) is 0 Å². The Balaban J connectivity index is 1.57. The lowest BCUT2D eigenvalue weighted by Crippen LogP contribution is -2.26. The normalized spacial score (nSPS) is 11.6. The monoisotopic (exact) mass is 346 g/mol. The molecule has 3 rings (SSSR count). The third-order valence-electron chi connectivity index (χ3n) is 4.11. The highest BCUT2D eigenvalue weighted by molar-refractivity contribution is 5.92. The van der Waals surface area contributed by atoms with Gasteiger partial charge in [0.15, 0.2) is 0 Å². The lowest BCUT2D eigenvalue weighted by Gasteiger charge is -2.15. The second-order valence-corrected chi connectivity index (χ2v) is 6.06. The summed E-state index contributed by atoms with van der Waals surface area (Å²) in [5, 5.41) is 6.21. The molecule has 3 aromatic rings. The van der Waals surface area contributed by atoms with Crippen molar-refractivity contribution < 1.29 is 4.79 Å². The Morgan fingerprint density at radius 1 is 1.00 bits per heavy atom. The second kappa shape index (κ2) is 8.76. The Hall–Kier alpha value is -3.21. The summed E-state index contributed by atoms with van der Waals surface area (Å²) < 4.78 is 0. The number of anilines is 1. The zero-order valence-electron chi connectivity index (χ0n) is 14.7. The topological polar surface area (TPSA) is 66.9 Å². The number of amides is 1. The number of aromatic nitrogens is 2. The van der Waals surface area contributed by atoms with Gasteiger partial charge in [-0.05, 0) is 24.5 Å². The fourth-order valence-electron chi connectivity index (χ4n) is 2.66. The van der Waals surface area contributed by atoms with Crippen LogP contribution in [0, 0.1) is 0 Å². The molecule has 132 valence electrons. The van der Waals surface area contributed by atoms with Crippen molar-refractivity contribution >= 4 is 11.7 Å². The lowest BCUT2D eigenvalue weighted by molar-refractivity contribution is 0.0949. The number of rotatable bonds is 7. The first-order valence-corrected chi connectivity index (χ1v) is 8.68. The standard InChI is InChI=1S/C21H22N4O/c1-16(18-10-6-3-7-11-18)25-20-14-19(23-15-24-20)21(26)22-13-12-17-8-4-2-5-9-17/h2-11,14-16H,12-13H2,1H3,(H,22,26)(H,23,24,25). The molecule has 1 atom stereocenters. The molecule has 0 aliphatic heterocycles. The summed E-state index contributed by atoms with van der Waals surface area (Å²) in [5.74, 6) is 0.434. The smallest absolute Gasteiger partial charge is 0.270 e. The molecule has 0 spiro atoms. The molecule has 1 aromatic heterocycles. The molecule has 0 fully saturated rings. The van der Waals surface area contributed by atoms with E-state index in [0.29, 0.717) is 18.1 Å². The van der Waals surface area contributed by atoms with Crippen LogP contribution in [0.3, 0.4) is 0 Å². The largest absolute Gasteiger partial charge is 0.363 e. The number of carbonyl (C=O) groups excluding carboxylic acids is 1. The molecule has 0 saturated heterocycles. The summed E-state index contributed by atoms with van der Waals surface area (Å²) >= 11 is 0. The Morgan fingerprint density at radius 3 is 2.42 bits per heavy atom. The van der Waals surface area contributed by atoms with E-state index < -0.39 is 0 Å². The minimum atomic E-state index is -0.196. The number of hydrogen-bond donors (Lipinski definition) is 2.